The number of carbonyl (C=O) groups is 1. The van der Waals surface area contributed by atoms with E-state index in [1.807, 2.05) is 36.2 Å². The van der Waals surface area contributed by atoms with Crippen LogP contribution in [0.15, 0.2) is 42.6 Å². The molecule has 0 aliphatic heterocycles. The number of benzene rings is 1. The highest BCUT2D eigenvalue weighted by molar-refractivity contribution is 5.89. The molecule has 2 rings (SSSR count). The minimum Gasteiger partial charge on any atom is -0.497 e. The molecule has 0 atom stereocenters. The van der Waals surface area contributed by atoms with E-state index in [0.29, 0.717) is 12.2 Å². The third-order valence-electron chi connectivity index (χ3n) is 3.04. The molecule has 0 aliphatic carbocycles. The van der Waals surface area contributed by atoms with Crippen LogP contribution in [0.5, 0.6) is 5.75 Å². The second-order valence-electron chi connectivity index (χ2n) is 4.39. The van der Waals surface area contributed by atoms with Crippen molar-refractivity contribution in [3.05, 3.63) is 48.2 Å². The molecule has 0 bridgehead atoms. The summed E-state index contributed by atoms with van der Waals surface area (Å²) in [7, 11) is 3.53. The SMILES string of the molecule is CCOC(=O)c1ccc(N(C)c2cccc(OC)c2)nc1. The standard InChI is InChI=1S/C16H18N2O3/c1-4-21-16(19)12-8-9-15(17-11-12)18(2)13-6-5-7-14(10-13)20-3/h5-11H,4H2,1-3H3. The Morgan fingerprint density at radius 1 is 1.29 bits per heavy atom. The van der Waals surface area contributed by atoms with Gasteiger partial charge in [-0.05, 0) is 31.2 Å². The zero-order chi connectivity index (χ0) is 15.2. The van der Waals surface area contributed by atoms with Crippen LogP contribution >= 0.6 is 0 Å². The predicted molar refractivity (Wildman–Crippen MR) is 81.3 cm³/mol. The number of esters is 1. The van der Waals surface area contributed by atoms with E-state index in [1.54, 1.807) is 26.2 Å². The lowest BCUT2D eigenvalue weighted by atomic mass is 10.2. The van der Waals surface area contributed by atoms with E-state index in [9.17, 15) is 4.79 Å². The molecular weight excluding hydrogens is 268 g/mol. The van der Waals surface area contributed by atoms with E-state index in [1.165, 1.54) is 6.20 Å². The van der Waals surface area contributed by atoms with Crippen molar-refractivity contribution in [1.82, 2.24) is 4.98 Å². The average Bonchev–Trinajstić information content (AvgIpc) is 2.54. The Morgan fingerprint density at radius 2 is 2.10 bits per heavy atom. The van der Waals surface area contributed by atoms with E-state index in [2.05, 4.69) is 4.98 Å². The first-order chi connectivity index (χ1) is 10.2. The summed E-state index contributed by atoms with van der Waals surface area (Å²) in [5.74, 6) is 1.15. The van der Waals surface area contributed by atoms with Gasteiger partial charge in [-0.1, -0.05) is 6.07 Å². The van der Waals surface area contributed by atoms with Gasteiger partial charge in [0.25, 0.3) is 0 Å². The fourth-order valence-corrected chi connectivity index (χ4v) is 1.87. The van der Waals surface area contributed by atoms with Gasteiger partial charge in [-0.2, -0.15) is 0 Å². The Balaban J connectivity index is 2.19. The minimum absolute atomic E-state index is 0.351. The molecule has 0 aliphatic rings. The van der Waals surface area contributed by atoms with Crippen molar-refractivity contribution >= 4 is 17.5 Å². The molecule has 0 spiro atoms. The fourth-order valence-electron chi connectivity index (χ4n) is 1.87. The van der Waals surface area contributed by atoms with Gasteiger partial charge in [-0.15, -0.1) is 0 Å². The summed E-state index contributed by atoms with van der Waals surface area (Å²) in [5, 5.41) is 0. The molecule has 0 amide bonds. The molecule has 0 N–H and O–H groups in total. The predicted octanol–water partition coefficient (Wildman–Crippen LogP) is 3.03. The van der Waals surface area contributed by atoms with Gasteiger partial charge < -0.3 is 14.4 Å². The number of hydrogen-bond donors (Lipinski definition) is 0. The van der Waals surface area contributed by atoms with Gasteiger partial charge in [0.1, 0.15) is 11.6 Å². The van der Waals surface area contributed by atoms with Crippen LogP contribution in [-0.4, -0.2) is 31.7 Å². The Bertz CT molecular complexity index is 611. The van der Waals surface area contributed by atoms with Gasteiger partial charge in [0, 0.05) is 25.0 Å². The van der Waals surface area contributed by atoms with E-state index in [-0.39, 0.29) is 5.97 Å². The number of aromatic nitrogens is 1. The second-order valence-corrected chi connectivity index (χ2v) is 4.39. The molecule has 110 valence electrons. The Hall–Kier alpha value is -2.56. The topological polar surface area (TPSA) is 51.7 Å². The van der Waals surface area contributed by atoms with Crippen LogP contribution in [0.1, 0.15) is 17.3 Å². The highest BCUT2D eigenvalue weighted by atomic mass is 16.5. The number of anilines is 2. The normalized spacial score (nSPS) is 10.0. The van der Waals surface area contributed by atoms with Gasteiger partial charge in [0.2, 0.25) is 0 Å². The number of ether oxygens (including phenoxy) is 2. The highest BCUT2D eigenvalue weighted by Crippen LogP contribution is 2.25. The van der Waals surface area contributed by atoms with Gasteiger partial charge >= 0.3 is 5.97 Å². The van der Waals surface area contributed by atoms with Crippen LogP contribution in [0.3, 0.4) is 0 Å². The number of rotatable bonds is 5. The summed E-state index contributed by atoms with van der Waals surface area (Å²) < 4.78 is 10.1. The summed E-state index contributed by atoms with van der Waals surface area (Å²) in [5.41, 5.74) is 1.39. The summed E-state index contributed by atoms with van der Waals surface area (Å²) in [6.07, 6.45) is 1.52. The van der Waals surface area contributed by atoms with Gasteiger partial charge in [0.15, 0.2) is 0 Å². The summed E-state index contributed by atoms with van der Waals surface area (Å²) in [6.45, 7) is 2.13. The second kappa shape index (κ2) is 6.74. The lowest BCUT2D eigenvalue weighted by Crippen LogP contribution is -2.12. The Kier molecular flexibility index (Phi) is 4.77. The van der Waals surface area contributed by atoms with Crippen LogP contribution in [0, 0.1) is 0 Å². The number of pyridine rings is 1. The third kappa shape index (κ3) is 3.51. The van der Waals surface area contributed by atoms with Crippen LogP contribution in [0.4, 0.5) is 11.5 Å². The molecule has 1 aromatic heterocycles. The van der Waals surface area contributed by atoms with Crippen molar-refractivity contribution in [2.24, 2.45) is 0 Å². The molecule has 2 aromatic rings. The van der Waals surface area contributed by atoms with Crippen molar-refractivity contribution in [1.29, 1.82) is 0 Å². The number of methoxy groups -OCH3 is 1. The van der Waals surface area contributed by atoms with E-state index >= 15 is 0 Å². The van der Waals surface area contributed by atoms with Crippen molar-refractivity contribution in [3.63, 3.8) is 0 Å². The van der Waals surface area contributed by atoms with Crippen LogP contribution in [0.2, 0.25) is 0 Å². The van der Waals surface area contributed by atoms with E-state index in [4.69, 9.17) is 9.47 Å². The first-order valence-corrected chi connectivity index (χ1v) is 6.66. The molecule has 5 nitrogen and oxygen atoms in total. The lowest BCUT2D eigenvalue weighted by Gasteiger charge is -2.19. The first-order valence-electron chi connectivity index (χ1n) is 6.66. The quantitative estimate of drug-likeness (QED) is 0.791. The molecule has 0 radical (unpaired) electrons. The zero-order valence-electron chi connectivity index (χ0n) is 12.4. The maximum atomic E-state index is 11.6. The van der Waals surface area contributed by atoms with Gasteiger partial charge in [0.05, 0.1) is 19.3 Å². The van der Waals surface area contributed by atoms with Crippen LogP contribution in [-0.2, 0) is 4.74 Å². The van der Waals surface area contributed by atoms with Gasteiger partial charge in [-0.25, -0.2) is 9.78 Å². The maximum Gasteiger partial charge on any atom is 0.339 e. The zero-order valence-corrected chi connectivity index (χ0v) is 12.4. The first kappa shape index (κ1) is 14.8. The monoisotopic (exact) mass is 286 g/mol. The van der Waals surface area contributed by atoms with E-state index in [0.717, 1.165) is 17.3 Å². The van der Waals surface area contributed by atoms with Gasteiger partial charge in [-0.3, -0.25) is 0 Å². The number of hydrogen-bond acceptors (Lipinski definition) is 5. The summed E-state index contributed by atoms with van der Waals surface area (Å²) >= 11 is 0. The molecule has 0 saturated heterocycles. The molecule has 1 aromatic carbocycles. The molecule has 0 unspecified atom stereocenters. The van der Waals surface area contributed by atoms with Crippen LogP contribution < -0.4 is 9.64 Å². The Labute approximate surface area is 124 Å². The van der Waals surface area contributed by atoms with Crippen molar-refractivity contribution in [2.45, 2.75) is 6.92 Å². The van der Waals surface area contributed by atoms with Crippen molar-refractivity contribution in [3.8, 4) is 5.75 Å². The maximum absolute atomic E-state index is 11.6. The average molecular weight is 286 g/mol. The summed E-state index contributed by atoms with van der Waals surface area (Å²) in [4.78, 5) is 17.8. The molecule has 0 fully saturated rings. The van der Waals surface area contributed by atoms with E-state index < -0.39 is 0 Å². The third-order valence-corrected chi connectivity index (χ3v) is 3.04. The highest BCUT2D eigenvalue weighted by Gasteiger charge is 2.10. The smallest absolute Gasteiger partial charge is 0.339 e. The summed E-state index contributed by atoms with van der Waals surface area (Å²) in [6, 6.07) is 11.2. The molecule has 21 heavy (non-hydrogen) atoms. The van der Waals surface area contributed by atoms with Crippen LogP contribution in [0.25, 0.3) is 0 Å². The fraction of sp³-hybridized carbons (Fsp3) is 0.250. The molecule has 1 heterocycles. The Morgan fingerprint density at radius 3 is 2.71 bits per heavy atom. The number of nitrogens with zero attached hydrogens (tertiary/aromatic N) is 2. The van der Waals surface area contributed by atoms with Crippen molar-refractivity contribution < 1.29 is 14.3 Å². The minimum atomic E-state index is -0.361. The molecule has 0 saturated carbocycles. The van der Waals surface area contributed by atoms with Crippen molar-refractivity contribution in [2.75, 3.05) is 25.7 Å². The lowest BCUT2D eigenvalue weighted by molar-refractivity contribution is 0.0526. The number of carbonyl (C=O) groups excluding carboxylic acids is 1. The molecule has 5 heteroatoms. The largest absolute Gasteiger partial charge is 0.497 e. The molecular formula is C16H18N2O3.